The predicted molar refractivity (Wildman–Crippen MR) is 103 cm³/mol. The normalized spacial score (nSPS) is 11.9. The van der Waals surface area contributed by atoms with Crippen LogP contribution in [0.15, 0.2) is 4.99 Å². The quantitative estimate of drug-likeness (QED) is 0.196. The predicted octanol–water partition coefficient (Wildman–Crippen LogP) is 2.40. The maximum Gasteiger partial charge on any atom is 0.236 e. The average molecular weight is 342 g/mol. The van der Waals surface area contributed by atoms with Crippen molar-refractivity contribution >= 4 is 11.9 Å². The van der Waals surface area contributed by atoms with Crippen LogP contribution in [0.3, 0.4) is 0 Å². The number of rotatable bonds is 16. The van der Waals surface area contributed by atoms with Crippen LogP contribution < -0.4 is 22.5 Å². The van der Waals surface area contributed by atoms with Gasteiger partial charge in [-0.25, -0.2) is 0 Å². The Hall–Kier alpha value is -1.30. The largest absolute Gasteiger partial charge is 0.370 e. The minimum atomic E-state index is -0.470. The summed E-state index contributed by atoms with van der Waals surface area (Å²) in [6.45, 7) is 3.48. The van der Waals surface area contributed by atoms with Crippen molar-refractivity contribution in [2.45, 2.75) is 90.0 Å². The Morgan fingerprint density at radius 2 is 1.46 bits per heavy atom. The van der Waals surface area contributed by atoms with Gasteiger partial charge in [-0.05, 0) is 19.3 Å². The molecule has 0 bridgehead atoms. The van der Waals surface area contributed by atoms with Crippen LogP contribution in [0.2, 0.25) is 0 Å². The molecule has 0 fully saturated rings. The molecule has 24 heavy (non-hydrogen) atoms. The summed E-state index contributed by atoms with van der Waals surface area (Å²) in [5.41, 5.74) is 16.3. The van der Waals surface area contributed by atoms with E-state index >= 15 is 0 Å². The molecular formula is C18H39N5O. The van der Waals surface area contributed by atoms with E-state index in [9.17, 15) is 4.79 Å². The van der Waals surface area contributed by atoms with Gasteiger partial charge >= 0.3 is 0 Å². The first-order valence-electron chi connectivity index (χ1n) is 9.66. The van der Waals surface area contributed by atoms with Gasteiger partial charge < -0.3 is 22.5 Å². The average Bonchev–Trinajstić information content (AvgIpc) is 2.56. The number of hydrogen-bond acceptors (Lipinski definition) is 3. The molecule has 0 aliphatic heterocycles. The highest BCUT2D eigenvalue weighted by Crippen LogP contribution is 2.10. The number of amides is 1. The van der Waals surface area contributed by atoms with E-state index in [1.54, 1.807) is 0 Å². The lowest BCUT2D eigenvalue weighted by Crippen LogP contribution is -2.41. The first-order chi connectivity index (χ1) is 11.6. The molecule has 0 heterocycles. The van der Waals surface area contributed by atoms with Crippen LogP contribution in [-0.4, -0.2) is 31.0 Å². The zero-order chi connectivity index (χ0) is 18.0. The molecule has 142 valence electrons. The Bertz CT molecular complexity index is 329. The second-order valence-electron chi connectivity index (χ2n) is 6.53. The molecular weight excluding hydrogens is 302 g/mol. The van der Waals surface area contributed by atoms with Gasteiger partial charge in [-0.15, -0.1) is 0 Å². The molecule has 0 saturated carbocycles. The smallest absolute Gasteiger partial charge is 0.236 e. The molecule has 0 aliphatic rings. The number of aliphatic imine (C=N–C) groups is 1. The zero-order valence-electron chi connectivity index (χ0n) is 15.6. The molecule has 0 rings (SSSR count). The van der Waals surface area contributed by atoms with E-state index in [0.717, 1.165) is 13.0 Å². The molecule has 6 heteroatoms. The van der Waals surface area contributed by atoms with Gasteiger partial charge in [0.25, 0.3) is 0 Å². The Kier molecular flexibility index (Phi) is 15.7. The lowest BCUT2D eigenvalue weighted by molar-refractivity contribution is -0.122. The number of nitrogens with zero attached hydrogens (tertiary/aromatic N) is 1. The summed E-state index contributed by atoms with van der Waals surface area (Å²) in [7, 11) is 0. The van der Waals surface area contributed by atoms with E-state index in [0.29, 0.717) is 19.4 Å². The van der Waals surface area contributed by atoms with Crippen LogP contribution in [0, 0.1) is 0 Å². The lowest BCUT2D eigenvalue weighted by Gasteiger charge is -2.11. The summed E-state index contributed by atoms with van der Waals surface area (Å²) in [5.74, 6) is 0.00427. The van der Waals surface area contributed by atoms with Crippen LogP contribution in [0.25, 0.3) is 0 Å². The Balaban J connectivity index is 3.37. The first kappa shape index (κ1) is 22.7. The van der Waals surface area contributed by atoms with Gasteiger partial charge in [0.05, 0.1) is 6.04 Å². The van der Waals surface area contributed by atoms with E-state index in [1.807, 2.05) is 0 Å². The number of unbranched alkanes of at least 4 members (excludes halogenated alkanes) is 9. The molecule has 0 aliphatic carbocycles. The summed E-state index contributed by atoms with van der Waals surface area (Å²) >= 11 is 0. The van der Waals surface area contributed by atoms with Crippen LogP contribution in [0.1, 0.15) is 84.0 Å². The molecule has 0 aromatic rings. The number of carbonyl (C=O) groups is 1. The van der Waals surface area contributed by atoms with Gasteiger partial charge in [0.15, 0.2) is 5.96 Å². The third kappa shape index (κ3) is 15.6. The highest BCUT2D eigenvalue weighted by Gasteiger charge is 2.11. The van der Waals surface area contributed by atoms with Gasteiger partial charge in [-0.3, -0.25) is 9.79 Å². The fraction of sp³-hybridized carbons (Fsp3) is 0.889. The number of nitrogens with two attached hydrogens (primary N) is 3. The van der Waals surface area contributed by atoms with Crippen molar-refractivity contribution in [3.63, 3.8) is 0 Å². The molecule has 0 saturated heterocycles. The molecule has 0 radical (unpaired) electrons. The molecule has 0 aromatic carbocycles. The first-order valence-corrected chi connectivity index (χ1v) is 9.66. The molecule has 1 atom stereocenters. The SMILES string of the molecule is CCCCCCCCCCCCNC(=O)[C@@H](N)CCCN=C(N)N. The Morgan fingerprint density at radius 3 is 2.00 bits per heavy atom. The summed E-state index contributed by atoms with van der Waals surface area (Å²) in [6.07, 6.45) is 14.2. The van der Waals surface area contributed by atoms with Gasteiger partial charge in [0, 0.05) is 13.1 Å². The maximum atomic E-state index is 11.8. The molecule has 0 spiro atoms. The fourth-order valence-corrected chi connectivity index (χ4v) is 2.61. The highest BCUT2D eigenvalue weighted by atomic mass is 16.2. The summed E-state index contributed by atoms with van der Waals surface area (Å²) in [6, 6.07) is -0.470. The van der Waals surface area contributed by atoms with Gasteiger partial charge in [0.2, 0.25) is 5.91 Å². The molecule has 1 amide bonds. The van der Waals surface area contributed by atoms with Crippen molar-refractivity contribution in [2.24, 2.45) is 22.2 Å². The van der Waals surface area contributed by atoms with Gasteiger partial charge in [-0.2, -0.15) is 0 Å². The molecule has 7 N–H and O–H groups in total. The number of hydrogen-bond donors (Lipinski definition) is 4. The Labute approximate surface area is 148 Å². The van der Waals surface area contributed by atoms with Crippen molar-refractivity contribution < 1.29 is 4.79 Å². The van der Waals surface area contributed by atoms with Crippen molar-refractivity contribution in [3.05, 3.63) is 0 Å². The van der Waals surface area contributed by atoms with Crippen LogP contribution in [0.4, 0.5) is 0 Å². The molecule has 0 aromatic heterocycles. The van der Waals surface area contributed by atoms with E-state index in [1.165, 1.54) is 57.8 Å². The number of nitrogens with one attached hydrogen (secondary N) is 1. The van der Waals surface area contributed by atoms with Crippen molar-refractivity contribution in [1.82, 2.24) is 5.32 Å². The molecule has 0 unspecified atom stereocenters. The van der Waals surface area contributed by atoms with E-state index in [4.69, 9.17) is 17.2 Å². The van der Waals surface area contributed by atoms with Crippen LogP contribution >= 0.6 is 0 Å². The van der Waals surface area contributed by atoms with Crippen LogP contribution in [-0.2, 0) is 4.79 Å². The van der Waals surface area contributed by atoms with Crippen LogP contribution in [0.5, 0.6) is 0 Å². The second kappa shape index (κ2) is 16.6. The third-order valence-corrected chi connectivity index (χ3v) is 4.13. The third-order valence-electron chi connectivity index (χ3n) is 4.13. The van der Waals surface area contributed by atoms with E-state index in [2.05, 4.69) is 17.2 Å². The number of carbonyl (C=O) groups excluding carboxylic acids is 1. The summed E-state index contributed by atoms with van der Waals surface area (Å²) in [4.78, 5) is 15.7. The summed E-state index contributed by atoms with van der Waals surface area (Å²) in [5, 5.41) is 2.91. The minimum absolute atomic E-state index is 0.0735. The van der Waals surface area contributed by atoms with Crippen molar-refractivity contribution in [3.8, 4) is 0 Å². The van der Waals surface area contributed by atoms with Gasteiger partial charge in [-0.1, -0.05) is 64.7 Å². The van der Waals surface area contributed by atoms with E-state index < -0.39 is 6.04 Å². The monoisotopic (exact) mass is 341 g/mol. The second-order valence-corrected chi connectivity index (χ2v) is 6.53. The Morgan fingerprint density at radius 1 is 0.917 bits per heavy atom. The summed E-state index contributed by atoms with van der Waals surface area (Å²) < 4.78 is 0. The minimum Gasteiger partial charge on any atom is -0.370 e. The maximum absolute atomic E-state index is 11.8. The number of guanidine groups is 1. The highest BCUT2D eigenvalue weighted by molar-refractivity contribution is 5.81. The lowest BCUT2D eigenvalue weighted by atomic mass is 10.1. The zero-order valence-corrected chi connectivity index (χ0v) is 15.6. The topological polar surface area (TPSA) is 120 Å². The molecule has 6 nitrogen and oxygen atoms in total. The standard InChI is InChI=1S/C18H39N5O/c1-2-3-4-5-6-7-8-9-10-11-14-22-17(24)16(19)13-12-15-23-18(20)21/h16H,2-15,19H2,1H3,(H,22,24)(H4,20,21,23)/t16-/m0/s1. The van der Waals surface area contributed by atoms with Crippen molar-refractivity contribution in [1.29, 1.82) is 0 Å². The fourth-order valence-electron chi connectivity index (χ4n) is 2.61. The van der Waals surface area contributed by atoms with E-state index in [-0.39, 0.29) is 11.9 Å². The van der Waals surface area contributed by atoms with Crippen molar-refractivity contribution in [2.75, 3.05) is 13.1 Å². The van der Waals surface area contributed by atoms with Gasteiger partial charge in [0.1, 0.15) is 0 Å².